The number of carbonyl (C=O) groups excluding carboxylic acids is 4. The molecule has 2 aliphatic carbocycles. The molecule has 2 N–H and O–H groups in total. The number of piperazine rings is 1. The summed E-state index contributed by atoms with van der Waals surface area (Å²) in [4.78, 5) is 57.7. The highest BCUT2D eigenvalue weighted by Gasteiger charge is 2.58. The zero-order chi connectivity index (χ0) is 30.1. The van der Waals surface area contributed by atoms with E-state index in [1.54, 1.807) is 40.8 Å². The van der Waals surface area contributed by atoms with Crippen LogP contribution in [0.2, 0.25) is 0 Å². The molecule has 5 aliphatic rings. The first-order valence-corrected chi connectivity index (χ1v) is 13.6. The fourth-order valence-electron chi connectivity index (χ4n) is 7.08. The van der Waals surface area contributed by atoms with Crippen molar-refractivity contribution in [3.05, 3.63) is 56.6 Å². The number of ether oxygens (including phenoxy) is 3. The lowest BCUT2D eigenvalue weighted by Gasteiger charge is -2.59. The van der Waals surface area contributed by atoms with E-state index >= 15 is 0 Å². The van der Waals surface area contributed by atoms with E-state index < -0.39 is 48.1 Å². The summed E-state index contributed by atoms with van der Waals surface area (Å²) in [7, 11) is 4.51. The van der Waals surface area contributed by atoms with E-state index in [0.29, 0.717) is 22.3 Å². The van der Waals surface area contributed by atoms with Gasteiger partial charge in [0.25, 0.3) is 0 Å². The van der Waals surface area contributed by atoms with Crippen LogP contribution in [-0.4, -0.2) is 114 Å². The number of likely N-dealkylation sites (N-methyl/N-ethyl adjacent to an activating group) is 1. The summed E-state index contributed by atoms with van der Waals surface area (Å²) in [6.07, 6.45) is -0.766. The molecule has 0 amide bonds. The molecule has 0 aromatic rings. The molecule has 1 saturated heterocycles. The Labute approximate surface area is 238 Å². The summed E-state index contributed by atoms with van der Waals surface area (Å²) in [5, 5.41) is 22.7. The molecule has 3 heterocycles. The maximum Gasteiger partial charge on any atom is 0.333 e. The summed E-state index contributed by atoms with van der Waals surface area (Å²) in [6, 6.07) is -2.65. The number of aliphatic hydroxyl groups is 2. The third-order valence-electron chi connectivity index (χ3n) is 9.35. The first-order valence-electron chi connectivity index (χ1n) is 13.6. The number of hydrogen-bond acceptors (Lipinski definition) is 11. The molecule has 11 heteroatoms. The largest absolute Gasteiger partial charge is 0.498 e. The lowest BCUT2D eigenvalue weighted by atomic mass is 9.68. The van der Waals surface area contributed by atoms with Gasteiger partial charge in [-0.15, -0.1) is 0 Å². The molecule has 41 heavy (non-hydrogen) atoms. The number of Topliss-reactive ketones (excluding diaryl/α,β-unsaturated/α-hetero) is 3. The predicted octanol–water partition coefficient (Wildman–Crippen LogP) is 0.525. The van der Waals surface area contributed by atoms with Gasteiger partial charge in [0.15, 0.2) is 17.3 Å². The number of carbonyl (C=O) groups is 4. The molecule has 0 aromatic heterocycles. The SMILES string of the molecule is C/C=C(/C)C(=O)OC[C@H]1C2=C(C[C@@H]3[C@H]4C5=C(C(=O)[C@@H](CN31)N4C)C(O)C(C)=C(OC)C5O)C(=O)C(C)=C(OC)C2=O. The van der Waals surface area contributed by atoms with Crippen molar-refractivity contribution in [2.24, 2.45) is 0 Å². The van der Waals surface area contributed by atoms with Gasteiger partial charge in [-0.2, -0.15) is 0 Å². The highest BCUT2D eigenvalue weighted by Crippen LogP contribution is 2.47. The van der Waals surface area contributed by atoms with E-state index in [9.17, 15) is 29.4 Å². The monoisotopic (exact) mass is 568 g/mol. The Hall–Kier alpha value is -3.38. The fourth-order valence-corrected chi connectivity index (χ4v) is 7.08. The zero-order valence-corrected chi connectivity index (χ0v) is 24.3. The maximum atomic E-state index is 13.9. The fraction of sp³-hybridized carbons (Fsp3) is 0.533. The molecule has 11 nitrogen and oxygen atoms in total. The van der Waals surface area contributed by atoms with Crippen LogP contribution in [0.4, 0.5) is 0 Å². The van der Waals surface area contributed by atoms with Gasteiger partial charge in [-0.05, 0) is 46.7 Å². The van der Waals surface area contributed by atoms with E-state index in [4.69, 9.17) is 14.2 Å². The average molecular weight is 569 g/mol. The minimum atomic E-state index is -1.29. The first kappa shape index (κ1) is 29.1. The van der Waals surface area contributed by atoms with Crippen molar-refractivity contribution in [1.29, 1.82) is 0 Å². The molecule has 5 rings (SSSR count). The van der Waals surface area contributed by atoms with Crippen molar-refractivity contribution in [3.8, 4) is 0 Å². The maximum absolute atomic E-state index is 13.9. The number of aliphatic hydroxyl groups excluding tert-OH is 2. The van der Waals surface area contributed by atoms with Crippen LogP contribution in [0, 0.1) is 0 Å². The van der Waals surface area contributed by atoms with Gasteiger partial charge in [-0.1, -0.05) is 6.08 Å². The number of fused-ring (bicyclic) bond motifs is 5. The second kappa shape index (κ2) is 10.5. The van der Waals surface area contributed by atoms with Crippen LogP contribution in [0.1, 0.15) is 34.1 Å². The first-order chi connectivity index (χ1) is 19.4. The highest BCUT2D eigenvalue weighted by atomic mass is 16.5. The summed E-state index contributed by atoms with van der Waals surface area (Å²) < 4.78 is 16.4. The normalized spacial score (nSPS) is 32.7. The molecule has 1 fully saturated rings. The average Bonchev–Trinajstić information content (AvgIpc) is 2.95. The molecular weight excluding hydrogens is 532 g/mol. The van der Waals surface area contributed by atoms with Crippen molar-refractivity contribution in [1.82, 2.24) is 9.80 Å². The molecule has 2 unspecified atom stereocenters. The third-order valence-corrected chi connectivity index (χ3v) is 9.35. The van der Waals surface area contributed by atoms with Gasteiger partial charge in [0.1, 0.15) is 24.6 Å². The lowest BCUT2D eigenvalue weighted by molar-refractivity contribution is -0.144. The van der Waals surface area contributed by atoms with E-state index in [2.05, 4.69) is 0 Å². The molecule has 3 aliphatic heterocycles. The Kier molecular flexibility index (Phi) is 7.44. The van der Waals surface area contributed by atoms with Crippen LogP contribution in [0.5, 0.6) is 0 Å². The Morgan fingerprint density at radius 2 is 1.73 bits per heavy atom. The Morgan fingerprint density at radius 1 is 1.05 bits per heavy atom. The van der Waals surface area contributed by atoms with E-state index in [-0.39, 0.29) is 59.4 Å². The summed E-state index contributed by atoms with van der Waals surface area (Å²) in [5.74, 6) is -1.57. The van der Waals surface area contributed by atoms with Gasteiger partial charge >= 0.3 is 5.97 Å². The van der Waals surface area contributed by atoms with Crippen LogP contribution < -0.4 is 0 Å². The number of hydrogen-bond donors (Lipinski definition) is 2. The number of rotatable bonds is 5. The second-order valence-corrected chi connectivity index (χ2v) is 11.2. The molecule has 0 radical (unpaired) electrons. The van der Waals surface area contributed by atoms with E-state index in [1.807, 2.05) is 9.80 Å². The molecule has 0 spiro atoms. The van der Waals surface area contributed by atoms with Gasteiger partial charge in [0.2, 0.25) is 5.78 Å². The highest BCUT2D eigenvalue weighted by molar-refractivity contribution is 6.25. The third kappa shape index (κ3) is 4.09. The van der Waals surface area contributed by atoms with Crippen LogP contribution in [-0.2, 0) is 33.4 Å². The number of methoxy groups -OCH3 is 2. The van der Waals surface area contributed by atoms with Crippen LogP contribution in [0.25, 0.3) is 0 Å². The quantitative estimate of drug-likeness (QED) is 0.272. The zero-order valence-electron chi connectivity index (χ0n) is 24.3. The number of ketones is 3. The summed E-state index contributed by atoms with van der Waals surface area (Å²) >= 11 is 0. The lowest BCUT2D eigenvalue weighted by Crippen LogP contribution is -2.73. The van der Waals surface area contributed by atoms with Crippen LogP contribution in [0.15, 0.2) is 56.6 Å². The van der Waals surface area contributed by atoms with E-state index in [0.717, 1.165) is 0 Å². The number of esters is 1. The molecular formula is C30H36N2O9. The minimum Gasteiger partial charge on any atom is -0.498 e. The minimum absolute atomic E-state index is 0.0558. The molecule has 220 valence electrons. The van der Waals surface area contributed by atoms with Gasteiger partial charge in [-0.25, -0.2) is 4.79 Å². The second-order valence-electron chi connectivity index (χ2n) is 11.2. The van der Waals surface area contributed by atoms with Crippen molar-refractivity contribution in [2.45, 2.75) is 70.5 Å². The Balaban J connectivity index is 1.66. The Bertz CT molecular complexity index is 1410. The van der Waals surface area contributed by atoms with Crippen LogP contribution >= 0.6 is 0 Å². The molecule has 0 aromatic carbocycles. The smallest absolute Gasteiger partial charge is 0.333 e. The molecule has 0 saturated carbocycles. The van der Waals surface area contributed by atoms with Crippen molar-refractivity contribution >= 4 is 23.3 Å². The summed E-state index contributed by atoms with van der Waals surface area (Å²) in [5.41, 5.74) is 1.92. The predicted molar refractivity (Wildman–Crippen MR) is 145 cm³/mol. The van der Waals surface area contributed by atoms with E-state index in [1.165, 1.54) is 14.2 Å². The van der Waals surface area contributed by atoms with Crippen molar-refractivity contribution < 1.29 is 43.6 Å². The number of nitrogens with zero attached hydrogens (tertiary/aromatic N) is 2. The Morgan fingerprint density at radius 3 is 2.34 bits per heavy atom. The van der Waals surface area contributed by atoms with Crippen molar-refractivity contribution in [2.75, 3.05) is 34.4 Å². The summed E-state index contributed by atoms with van der Waals surface area (Å²) in [6.45, 7) is 6.42. The van der Waals surface area contributed by atoms with Gasteiger partial charge < -0.3 is 24.4 Å². The van der Waals surface area contributed by atoms with Gasteiger partial charge in [-0.3, -0.25) is 24.2 Å². The van der Waals surface area contributed by atoms with Crippen molar-refractivity contribution in [3.63, 3.8) is 0 Å². The molecule has 2 bridgehead atoms. The van der Waals surface area contributed by atoms with Gasteiger partial charge in [0.05, 0.1) is 32.3 Å². The van der Waals surface area contributed by atoms with Crippen LogP contribution in [0.3, 0.4) is 0 Å². The topological polar surface area (TPSA) is 143 Å². The number of allylic oxidation sites excluding steroid dienone is 3. The van der Waals surface area contributed by atoms with Gasteiger partial charge in [0, 0.05) is 46.0 Å². The standard InChI is InChI=1S/C30H36N2O9/c1-8-12(2)30(38)41-11-18-19-15(23(33)13(3)28(39-6)26(19)36)9-16-22-20-21(24(34)14(4)29(40-7)27(20)37)25(35)17(31(22)5)10-32(16)18/h8,16-18,22,24,27,34,37H,9-11H2,1-7H3/b12-8-/t16-,17-,18+,22+,24?,27?/m1/s1. The molecule has 6 atom stereocenters.